The van der Waals surface area contributed by atoms with Gasteiger partial charge in [-0.1, -0.05) is 42.1 Å². The molecule has 0 saturated carbocycles. The van der Waals surface area contributed by atoms with Gasteiger partial charge in [0.1, 0.15) is 11.9 Å². The minimum atomic E-state index is -0.215. The van der Waals surface area contributed by atoms with Gasteiger partial charge in [0.15, 0.2) is 0 Å². The average Bonchev–Trinajstić information content (AvgIpc) is 3.45. The van der Waals surface area contributed by atoms with Crippen LogP contribution in [0, 0.1) is 18.3 Å². The monoisotopic (exact) mass is 469 g/mol. The van der Waals surface area contributed by atoms with Gasteiger partial charge in [-0.15, -0.1) is 5.10 Å². The molecule has 1 N–H and O–H groups in total. The molecule has 5 rings (SSSR count). The van der Waals surface area contributed by atoms with Crippen LogP contribution in [0.1, 0.15) is 35.2 Å². The summed E-state index contributed by atoms with van der Waals surface area (Å²) in [6.45, 7) is 2.00. The van der Waals surface area contributed by atoms with Crippen molar-refractivity contribution in [2.75, 3.05) is 11.1 Å². The topological polar surface area (TPSA) is 101 Å². The van der Waals surface area contributed by atoms with Crippen molar-refractivity contribution in [3.8, 4) is 17.4 Å². The maximum absolute atomic E-state index is 13.0. The normalized spacial score (nSPS) is 12.7. The van der Waals surface area contributed by atoms with Gasteiger partial charge in [0.2, 0.25) is 11.1 Å². The Bertz CT molecular complexity index is 1380. The Balaban J connectivity index is 1.41. The zero-order chi connectivity index (χ0) is 23.5. The molecule has 9 heteroatoms. The van der Waals surface area contributed by atoms with Crippen LogP contribution in [-0.2, 0) is 17.6 Å². The molecule has 0 saturated heterocycles. The highest BCUT2D eigenvalue weighted by Gasteiger charge is 2.27. The maximum Gasteiger partial charge on any atom is 0.236 e. The fourth-order valence-corrected chi connectivity index (χ4v) is 5.08. The summed E-state index contributed by atoms with van der Waals surface area (Å²) in [4.78, 5) is 13.0. The fraction of sp³-hybridized carbons (Fsp3) is 0.240. The minimum Gasteiger partial charge on any atom is -0.310 e. The number of thioether (sulfide) groups is 1. The van der Waals surface area contributed by atoms with Crippen LogP contribution in [-0.4, -0.2) is 36.4 Å². The standard InChI is InChI=1S/C25H23N7OS/c1-17-8-7-11-19(14-17)32-25(28-29-30-32)34-16-23(33)27-24-21(15-26)20-12-5-6-13-22(20)31(24)18-9-3-2-4-10-18/h2-4,7-11,14H,5-6,12-13,16H2,1H3,(H,27,33). The second kappa shape index (κ2) is 9.53. The van der Waals surface area contributed by atoms with Crippen molar-refractivity contribution >= 4 is 23.5 Å². The summed E-state index contributed by atoms with van der Waals surface area (Å²) in [7, 11) is 0. The molecule has 0 bridgehead atoms. The smallest absolute Gasteiger partial charge is 0.236 e. The number of nitrogens with one attached hydrogen (secondary N) is 1. The van der Waals surface area contributed by atoms with Crippen LogP contribution in [0.4, 0.5) is 5.82 Å². The van der Waals surface area contributed by atoms with Gasteiger partial charge in [-0.3, -0.25) is 9.36 Å². The Hall–Kier alpha value is -3.90. The molecule has 0 radical (unpaired) electrons. The molecule has 34 heavy (non-hydrogen) atoms. The van der Waals surface area contributed by atoms with Gasteiger partial charge in [0.05, 0.1) is 17.0 Å². The summed E-state index contributed by atoms with van der Waals surface area (Å²) in [6, 6.07) is 20.1. The number of amides is 1. The first kappa shape index (κ1) is 21.9. The average molecular weight is 470 g/mol. The first-order chi connectivity index (χ1) is 16.7. The molecule has 0 aliphatic heterocycles. The van der Waals surface area contributed by atoms with Crippen molar-refractivity contribution in [1.29, 1.82) is 5.26 Å². The van der Waals surface area contributed by atoms with Crippen molar-refractivity contribution in [2.24, 2.45) is 0 Å². The number of benzene rings is 2. The number of aryl methyl sites for hydroxylation is 1. The minimum absolute atomic E-state index is 0.113. The third-order valence-electron chi connectivity index (χ3n) is 5.87. The first-order valence-electron chi connectivity index (χ1n) is 11.2. The van der Waals surface area contributed by atoms with Gasteiger partial charge in [0.25, 0.3) is 0 Å². The van der Waals surface area contributed by atoms with Crippen molar-refractivity contribution in [1.82, 2.24) is 24.8 Å². The zero-order valence-electron chi connectivity index (χ0n) is 18.7. The lowest BCUT2D eigenvalue weighted by molar-refractivity contribution is -0.113. The summed E-state index contributed by atoms with van der Waals surface area (Å²) in [5, 5.41) is 25.4. The molecule has 4 aromatic rings. The van der Waals surface area contributed by atoms with Crippen LogP contribution in [0.2, 0.25) is 0 Å². The highest BCUT2D eigenvalue weighted by Crippen LogP contribution is 2.35. The number of para-hydroxylation sites is 1. The van der Waals surface area contributed by atoms with Gasteiger partial charge >= 0.3 is 0 Å². The molecule has 1 amide bonds. The molecule has 2 aromatic carbocycles. The van der Waals surface area contributed by atoms with E-state index in [-0.39, 0.29) is 11.7 Å². The van der Waals surface area contributed by atoms with E-state index in [1.54, 1.807) is 4.68 Å². The van der Waals surface area contributed by atoms with Crippen LogP contribution < -0.4 is 5.32 Å². The second-order valence-electron chi connectivity index (χ2n) is 8.19. The lowest BCUT2D eigenvalue weighted by Gasteiger charge is -2.17. The summed E-state index contributed by atoms with van der Waals surface area (Å²) in [6.07, 6.45) is 3.85. The quantitative estimate of drug-likeness (QED) is 0.424. The molecule has 8 nitrogen and oxygen atoms in total. The van der Waals surface area contributed by atoms with Crippen molar-refractivity contribution < 1.29 is 4.79 Å². The third-order valence-corrected chi connectivity index (χ3v) is 6.79. The van der Waals surface area contributed by atoms with E-state index in [1.807, 2.05) is 66.1 Å². The Kier molecular flexibility index (Phi) is 6.14. The summed E-state index contributed by atoms with van der Waals surface area (Å²) >= 11 is 1.25. The van der Waals surface area contributed by atoms with E-state index >= 15 is 0 Å². The molecule has 0 spiro atoms. The maximum atomic E-state index is 13.0. The number of tetrazole rings is 1. The van der Waals surface area contributed by atoms with Gasteiger partial charge in [-0.2, -0.15) is 9.94 Å². The Morgan fingerprint density at radius 3 is 2.71 bits per heavy atom. The molecule has 0 atom stereocenters. The van der Waals surface area contributed by atoms with E-state index in [2.05, 4.69) is 26.9 Å². The van der Waals surface area contributed by atoms with E-state index in [1.165, 1.54) is 11.8 Å². The largest absolute Gasteiger partial charge is 0.310 e. The van der Waals surface area contributed by atoms with Crippen LogP contribution in [0.15, 0.2) is 59.8 Å². The zero-order valence-corrected chi connectivity index (χ0v) is 19.5. The van der Waals surface area contributed by atoms with Crippen molar-refractivity contribution in [2.45, 2.75) is 37.8 Å². The summed E-state index contributed by atoms with van der Waals surface area (Å²) in [5.74, 6) is 0.443. The molecular formula is C25H23N7OS. The molecule has 0 fully saturated rings. The highest BCUT2D eigenvalue weighted by atomic mass is 32.2. The SMILES string of the molecule is Cc1cccc(-n2nnnc2SCC(=O)Nc2c(C#N)c3c(n2-c2ccccc2)CCCC3)c1. The highest BCUT2D eigenvalue weighted by molar-refractivity contribution is 7.99. The number of hydrogen-bond acceptors (Lipinski definition) is 6. The van der Waals surface area contributed by atoms with E-state index in [0.717, 1.165) is 53.9 Å². The van der Waals surface area contributed by atoms with Gasteiger partial charge < -0.3 is 5.32 Å². The molecule has 170 valence electrons. The number of rotatable bonds is 6. The van der Waals surface area contributed by atoms with Crippen LogP contribution in [0.25, 0.3) is 11.4 Å². The number of aromatic nitrogens is 5. The van der Waals surface area contributed by atoms with E-state index < -0.39 is 0 Å². The molecular weight excluding hydrogens is 446 g/mol. The summed E-state index contributed by atoms with van der Waals surface area (Å²) in [5.41, 5.74) is 5.58. The number of nitrogens with zero attached hydrogens (tertiary/aromatic N) is 6. The Labute approximate surface area is 201 Å². The Morgan fingerprint density at radius 2 is 1.91 bits per heavy atom. The van der Waals surface area contributed by atoms with Gasteiger partial charge in [-0.25, -0.2) is 0 Å². The van der Waals surface area contributed by atoms with Gasteiger partial charge in [-0.05, 0) is 78.4 Å². The van der Waals surface area contributed by atoms with Gasteiger partial charge in [0, 0.05) is 11.4 Å². The number of nitriles is 1. The van der Waals surface area contributed by atoms with Crippen LogP contribution in [0.5, 0.6) is 0 Å². The molecule has 0 unspecified atom stereocenters. The number of carbonyl (C=O) groups excluding carboxylic acids is 1. The molecule has 2 heterocycles. The summed E-state index contributed by atoms with van der Waals surface area (Å²) < 4.78 is 3.66. The first-order valence-corrected chi connectivity index (χ1v) is 12.1. The lowest BCUT2D eigenvalue weighted by Crippen LogP contribution is -2.18. The van der Waals surface area contributed by atoms with E-state index in [0.29, 0.717) is 16.5 Å². The van der Waals surface area contributed by atoms with Crippen molar-refractivity contribution in [3.63, 3.8) is 0 Å². The number of fused-ring (bicyclic) bond motifs is 1. The van der Waals surface area contributed by atoms with Crippen molar-refractivity contribution in [3.05, 3.63) is 77.0 Å². The molecule has 1 aliphatic carbocycles. The van der Waals surface area contributed by atoms with E-state index in [4.69, 9.17) is 0 Å². The Morgan fingerprint density at radius 1 is 1.12 bits per heavy atom. The number of carbonyl (C=O) groups is 1. The predicted octanol–water partition coefficient (Wildman–Crippen LogP) is 4.24. The third kappa shape index (κ3) is 4.20. The fourth-order valence-electron chi connectivity index (χ4n) is 4.38. The predicted molar refractivity (Wildman–Crippen MR) is 130 cm³/mol. The molecule has 1 aliphatic rings. The molecule has 2 aromatic heterocycles. The lowest BCUT2D eigenvalue weighted by atomic mass is 9.95. The number of anilines is 1. The van der Waals surface area contributed by atoms with Crippen LogP contribution >= 0.6 is 11.8 Å². The number of hydrogen-bond donors (Lipinski definition) is 1. The van der Waals surface area contributed by atoms with Crippen LogP contribution in [0.3, 0.4) is 0 Å². The van der Waals surface area contributed by atoms with E-state index in [9.17, 15) is 10.1 Å². The second-order valence-corrected chi connectivity index (χ2v) is 9.13.